The van der Waals surface area contributed by atoms with E-state index >= 15 is 17.6 Å². The minimum Gasteiger partial charge on any atom is -0.454 e. The molecule has 8 heteroatoms. The molecule has 2 atom stereocenters. The molecular weight excluding hydrogens is 500 g/mol. The van der Waals surface area contributed by atoms with Crippen molar-refractivity contribution < 1.29 is 36.6 Å². The SMILES string of the molecule is O=C(OC1C2c3c(F)ccc(F)c3C(c3c(F)ccc(F)c32)C1OC(=O)c1ccccc1)c1ccccc1. The van der Waals surface area contributed by atoms with Gasteiger partial charge in [0.1, 0.15) is 23.3 Å². The molecule has 2 unspecified atom stereocenters. The van der Waals surface area contributed by atoms with Crippen LogP contribution >= 0.6 is 0 Å². The molecule has 0 amide bonds. The number of benzene rings is 4. The summed E-state index contributed by atoms with van der Waals surface area (Å²) in [7, 11) is 0. The average Bonchev–Trinajstić information content (AvgIpc) is 2.94. The molecule has 3 aliphatic carbocycles. The Balaban J connectivity index is 1.56. The van der Waals surface area contributed by atoms with E-state index in [1.54, 1.807) is 36.4 Å². The maximum absolute atomic E-state index is 15.3. The Morgan fingerprint density at radius 3 is 1.05 bits per heavy atom. The normalized spacial score (nSPS) is 20.8. The van der Waals surface area contributed by atoms with Gasteiger partial charge in [-0.05, 0) is 48.5 Å². The summed E-state index contributed by atoms with van der Waals surface area (Å²) < 4.78 is 72.7. The fourth-order valence-corrected chi connectivity index (χ4v) is 5.56. The summed E-state index contributed by atoms with van der Waals surface area (Å²) in [5, 5.41) is 0. The third-order valence-corrected chi connectivity index (χ3v) is 7.09. The molecule has 0 radical (unpaired) electrons. The zero-order chi connectivity index (χ0) is 26.6. The van der Waals surface area contributed by atoms with Crippen molar-refractivity contribution in [3.05, 3.63) is 142 Å². The zero-order valence-electron chi connectivity index (χ0n) is 19.5. The number of esters is 2. The van der Waals surface area contributed by atoms with Gasteiger partial charge in [0.05, 0.1) is 23.0 Å². The summed E-state index contributed by atoms with van der Waals surface area (Å²) in [5.41, 5.74) is -0.756. The highest BCUT2D eigenvalue weighted by Gasteiger charge is 2.58. The number of carbonyl (C=O) groups excluding carboxylic acids is 2. The van der Waals surface area contributed by atoms with Crippen molar-refractivity contribution in [3.8, 4) is 0 Å². The topological polar surface area (TPSA) is 52.6 Å². The van der Waals surface area contributed by atoms with Gasteiger partial charge in [-0.25, -0.2) is 27.2 Å². The van der Waals surface area contributed by atoms with Gasteiger partial charge in [0.2, 0.25) is 0 Å². The molecule has 4 aromatic carbocycles. The van der Waals surface area contributed by atoms with Crippen molar-refractivity contribution in [1.82, 2.24) is 0 Å². The van der Waals surface area contributed by atoms with Crippen molar-refractivity contribution in [2.45, 2.75) is 24.0 Å². The number of hydrogen-bond donors (Lipinski definition) is 0. The molecule has 0 aliphatic heterocycles. The quantitative estimate of drug-likeness (QED) is 0.236. The summed E-state index contributed by atoms with van der Waals surface area (Å²) in [6.07, 6.45) is -2.96. The predicted octanol–water partition coefficient (Wildman–Crippen LogP) is 6.29. The largest absolute Gasteiger partial charge is 0.454 e. The van der Waals surface area contributed by atoms with Gasteiger partial charge in [-0.1, -0.05) is 36.4 Å². The van der Waals surface area contributed by atoms with E-state index in [0.29, 0.717) is 0 Å². The Bertz CT molecular complexity index is 1400. The van der Waals surface area contributed by atoms with Crippen LogP contribution < -0.4 is 0 Å². The molecule has 2 bridgehead atoms. The smallest absolute Gasteiger partial charge is 0.338 e. The minimum atomic E-state index is -1.48. The summed E-state index contributed by atoms with van der Waals surface area (Å²) in [6.45, 7) is 0. The van der Waals surface area contributed by atoms with Crippen LogP contribution in [0.15, 0.2) is 84.9 Å². The molecule has 0 saturated carbocycles. The number of fused-ring (bicyclic) bond motifs is 1. The molecule has 0 heterocycles. The molecule has 0 aromatic heterocycles. The first-order valence-corrected chi connectivity index (χ1v) is 11.8. The third-order valence-electron chi connectivity index (χ3n) is 7.09. The van der Waals surface area contributed by atoms with E-state index in [9.17, 15) is 9.59 Å². The van der Waals surface area contributed by atoms with E-state index < -0.39 is 59.3 Å². The molecule has 0 fully saturated rings. The number of rotatable bonds is 4. The van der Waals surface area contributed by atoms with Gasteiger partial charge in [-0.3, -0.25) is 0 Å². The molecule has 0 spiro atoms. The molecule has 4 nitrogen and oxygen atoms in total. The third kappa shape index (κ3) is 3.67. The van der Waals surface area contributed by atoms with Gasteiger partial charge in [-0.15, -0.1) is 0 Å². The zero-order valence-corrected chi connectivity index (χ0v) is 19.5. The average molecular weight is 518 g/mol. The first kappa shape index (κ1) is 23.9. The Labute approximate surface area is 214 Å². The van der Waals surface area contributed by atoms with E-state index in [1.165, 1.54) is 24.3 Å². The van der Waals surface area contributed by atoms with Crippen LogP contribution in [0.1, 0.15) is 54.8 Å². The van der Waals surface area contributed by atoms with Crippen LogP contribution in [0.3, 0.4) is 0 Å². The molecule has 38 heavy (non-hydrogen) atoms. The molecule has 4 aromatic rings. The first-order valence-electron chi connectivity index (χ1n) is 11.8. The molecule has 0 N–H and O–H groups in total. The number of ether oxygens (including phenoxy) is 2. The van der Waals surface area contributed by atoms with E-state index in [2.05, 4.69) is 0 Å². The van der Waals surface area contributed by atoms with Crippen LogP contribution in [-0.2, 0) is 9.47 Å². The molecule has 3 aliphatic rings. The van der Waals surface area contributed by atoms with Crippen molar-refractivity contribution in [2.75, 3.05) is 0 Å². The second-order valence-corrected chi connectivity index (χ2v) is 9.14. The minimum absolute atomic E-state index is 0.141. The second kappa shape index (κ2) is 9.13. The predicted molar refractivity (Wildman–Crippen MR) is 128 cm³/mol. The number of carbonyl (C=O) groups is 2. The van der Waals surface area contributed by atoms with E-state index in [1.807, 2.05) is 0 Å². The van der Waals surface area contributed by atoms with Crippen LogP contribution in [0.5, 0.6) is 0 Å². The van der Waals surface area contributed by atoms with Crippen molar-refractivity contribution in [3.63, 3.8) is 0 Å². The summed E-state index contributed by atoms with van der Waals surface area (Å²) >= 11 is 0. The van der Waals surface area contributed by atoms with E-state index in [-0.39, 0.29) is 33.4 Å². The Morgan fingerprint density at radius 2 is 0.763 bits per heavy atom. The van der Waals surface area contributed by atoms with Gasteiger partial charge in [0.25, 0.3) is 0 Å². The van der Waals surface area contributed by atoms with Crippen molar-refractivity contribution >= 4 is 11.9 Å². The van der Waals surface area contributed by atoms with Gasteiger partial charge in [-0.2, -0.15) is 0 Å². The van der Waals surface area contributed by atoms with Gasteiger partial charge in [0.15, 0.2) is 12.2 Å². The fraction of sp³-hybridized carbons (Fsp3) is 0.133. The van der Waals surface area contributed by atoms with Crippen molar-refractivity contribution in [1.29, 1.82) is 0 Å². The number of hydrogen-bond acceptors (Lipinski definition) is 4. The highest BCUT2D eigenvalue weighted by molar-refractivity contribution is 5.90. The lowest BCUT2D eigenvalue weighted by Crippen LogP contribution is -2.52. The van der Waals surface area contributed by atoms with Crippen LogP contribution in [0, 0.1) is 23.3 Å². The summed E-state index contributed by atoms with van der Waals surface area (Å²) in [6, 6.07) is 19.2. The van der Waals surface area contributed by atoms with Crippen LogP contribution in [0.2, 0.25) is 0 Å². The van der Waals surface area contributed by atoms with Gasteiger partial charge in [0, 0.05) is 22.3 Å². The van der Waals surface area contributed by atoms with Crippen LogP contribution in [0.25, 0.3) is 0 Å². The lowest BCUT2D eigenvalue weighted by atomic mass is 9.60. The van der Waals surface area contributed by atoms with E-state index in [4.69, 9.17) is 9.47 Å². The molecule has 0 saturated heterocycles. The monoisotopic (exact) mass is 518 g/mol. The Hall–Kier alpha value is -4.46. The Morgan fingerprint density at radius 1 is 0.474 bits per heavy atom. The van der Waals surface area contributed by atoms with Crippen LogP contribution in [-0.4, -0.2) is 24.1 Å². The highest BCUT2D eigenvalue weighted by Crippen LogP contribution is 2.57. The first-order chi connectivity index (χ1) is 18.4. The highest BCUT2D eigenvalue weighted by atomic mass is 19.1. The van der Waals surface area contributed by atoms with Gasteiger partial charge >= 0.3 is 11.9 Å². The maximum Gasteiger partial charge on any atom is 0.338 e. The standard InChI is InChI=1S/C30H18F4O4/c31-17-11-13-19(33)23-21(17)25-22-18(32)12-14-20(34)24(22)26(23)28(38-30(36)16-9-5-2-6-10-16)27(25)37-29(35)15-7-3-1-4-8-15/h1-14,25-28H. The van der Waals surface area contributed by atoms with Gasteiger partial charge < -0.3 is 9.47 Å². The number of halogens is 4. The summed E-state index contributed by atoms with van der Waals surface area (Å²) in [4.78, 5) is 26.2. The van der Waals surface area contributed by atoms with Crippen LogP contribution in [0.4, 0.5) is 17.6 Å². The van der Waals surface area contributed by atoms with E-state index in [0.717, 1.165) is 24.3 Å². The second-order valence-electron chi connectivity index (χ2n) is 9.14. The lowest BCUT2D eigenvalue weighted by molar-refractivity contribution is -0.0577. The molecule has 190 valence electrons. The molecule has 7 rings (SSSR count). The maximum atomic E-state index is 15.3. The lowest BCUT2D eigenvalue weighted by Gasteiger charge is -2.49. The Kier molecular flexibility index (Phi) is 5.75. The van der Waals surface area contributed by atoms with Crippen molar-refractivity contribution in [2.24, 2.45) is 0 Å². The fourth-order valence-electron chi connectivity index (χ4n) is 5.56. The summed E-state index contributed by atoms with van der Waals surface area (Å²) in [5.74, 6) is -8.14. The molecular formula is C30H18F4O4.